The predicted octanol–water partition coefficient (Wildman–Crippen LogP) is 6.75. The van der Waals surface area contributed by atoms with Crippen LogP contribution in [0.4, 0.5) is 0 Å². The highest BCUT2D eigenvalue weighted by Gasteiger charge is 2.30. The molecule has 6 nitrogen and oxygen atoms in total. The van der Waals surface area contributed by atoms with Gasteiger partial charge in [0.15, 0.2) is 0 Å². The molecule has 1 aliphatic heterocycles. The Labute approximate surface area is 234 Å². The Morgan fingerprint density at radius 2 is 1.68 bits per heavy atom. The van der Waals surface area contributed by atoms with Crippen LogP contribution in [0.15, 0.2) is 91.0 Å². The van der Waals surface area contributed by atoms with Gasteiger partial charge in [-0.2, -0.15) is 5.21 Å². The number of nitrogens with zero attached hydrogens (tertiary/aromatic N) is 3. The Morgan fingerprint density at radius 3 is 2.42 bits per heavy atom. The number of fused-ring (bicyclic) bond motifs is 1. The number of carbonyl (C=O) groups is 1. The minimum Gasteiger partial charge on any atom is -0.493 e. The number of ether oxygens (including phenoxy) is 1. The van der Waals surface area contributed by atoms with Crippen molar-refractivity contribution in [3.05, 3.63) is 119 Å². The lowest BCUT2D eigenvalue weighted by molar-refractivity contribution is -0.117. The standard InChI is InChI=1S/C34H32N4O2/c1-22-12-14-24(15-13-22)18-28(39)20-27-19-26(29-10-6-7-11-30(29)34-35-37-38-36-34)21-31-32(25-8-4-3-5-9-25)23(2)16-17-40-33(27)31/h3-15,19,21,23,32H,16-18,20H2,1-2H3,(H,35,36,37,38). The Balaban J connectivity index is 1.49. The van der Waals surface area contributed by atoms with E-state index in [0.717, 1.165) is 45.6 Å². The minimum atomic E-state index is 0.141. The van der Waals surface area contributed by atoms with Crippen molar-refractivity contribution in [2.75, 3.05) is 6.61 Å². The van der Waals surface area contributed by atoms with Crippen LogP contribution in [0.25, 0.3) is 22.5 Å². The van der Waals surface area contributed by atoms with E-state index in [0.29, 0.717) is 31.2 Å². The minimum absolute atomic E-state index is 0.141. The zero-order valence-corrected chi connectivity index (χ0v) is 22.8. The lowest BCUT2D eigenvalue weighted by atomic mass is 9.78. The molecular weight excluding hydrogens is 496 g/mol. The molecule has 1 aromatic heterocycles. The van der Waals surface area contributed by atoms with Gasteiger partial charge in [0.1, 0.15) is 11.5 Å². The van der Waals surface area contributed by atoms with Crippen molar-refractivity contribution in [2.45, 2.75) is 39.0 Å². The third-order valence-corrected chi connectivity index (χ3v) is 7.81. The summed E-state index contributed by atoms with van der Waals surface area (Å²) in [6.07, 6.45) is 1.61. The molecule has 4 aromatic carbocycles. The second kappa shape index (κ2) is 11.3. The normalized spacial score (nSPS) is 16.6. The summed E-state index contributed by atoms with van der Waals surface area (Å²) in [5, 5.41) is 14.8. The molecular formula is C34H32N4O2. The van der Waals surface area contributed by atoms with Crippen molar-refractivity contribution in [3.8, 4) is 28.3 Å². The molecule has 0 aliphatic carbocycles. The SMILES string of the molecule is Cc1ccc(CC(=O)Cc2cc(-c3ccccc3-c3nn[nH]n3)cc3c2OCCC(C)C3c2ccccc2)cc1. The predicted molar refractivity (Wildman–Crippen MR) is 156 cm³/mol. The van der Waals surface area contributed by atoms with Crippen LogP contribution in [0.1, 0.15) is 47.1 Å². The van der Waals surface area contributed by atoms with E-state index in [-0.39, 0.29) is 11.7 Å². The summed E-state index contributed by atoms with van der Waals surface area (Å²) >= 11 is 0. The third-order valence-electron chi connectivity index (χ3n) is 7.81. The Morgan fingerprint density at radius 1 is 0.925 bits per heavy atom. The first kappa shape index (κ1) is 25.7. The van der Waals surface area contributed by atoms with Crippen LogP contribution in [0.2, 0.25) is 0 Å². The van der Waals surface area contributed by atoms with Crippen molar-refractivity contribution in [1.29, 1.82) is 0 Å². The third kappa shape index (κ3) is 5.30. The van der Waals surface area contributed by atoms with Crippen molar-refractivity contribution in [1.82, 2.24) is 20.6 Å². The summed E-state index contributed by atoms with van der Waals surface area (Å²) in [4.78, 5) is 13.5. The molecule has 1 N–H and O–H groups in total. The lowest BCUT2D eigenvalue weighted by Crippen LogP contribution is -2.12. The fourth-order valence-electron chi connectivity index (χ4n) is 5.81. The van der Waals surface area contributed by atoms with E-state index in [4.69, 9.17) is 4.74 Å². The molecule has 0 fully saturated rings. The first-order valence-electron chi connectivity index (χ1n) is 13.8. The highest BCUT2D eigenvalue weighted by atomic mass is 16.5. The number of benzene rings is 4. The number of nitrogens with one attached hydrogen (secondary N) is 1. The summed E-state index contributed by atoms with van der Waals surface area (Å²) in [7, 11) is 0. The number of carbonyl (C=O) groups excluding carboxylic acids is 1. The average Bonchev–Trinajstić information content (AvgIpc) is 3.45. The molecule has 2 unspecified atom stereocenters. The molecule has 1 aliphatic rings. The van der Waals surface area contributed by atoms with Gasteiger partial charge >= 0.3 is 0 Å². The van der Waals surface area contributed by atoms with E-state index in [2.05, 4.69) is 95.1 Å². The van der Waals surface area contributed by atoms with Crippen LogP contribution < -0.4 is 4.74 Å². The maximum atomic E-state index is 13.5. The Bertz CT molecular complexity index is 1610. The number of aromatic amines is 1. The maximum absolute atomic E-state index is 13.5. The van der Waals surface area contributed by atoms with Gasteiger partial charge in [-0.1, -0.05) is 91.3 Å². The number of H-pyrrole nitrogens is 1. The molecule has 0 bridgehead atoms. The van der Waals surface area contributed by atoms with Crippen LogP contribution in [0, 0.1) is 12.8 Å². The number of aryl methyl sites for hydroxylation is 1. The van der Waals surface area contributed by atoms with E-state index in [1.54, 1.807) is 0 Å². The number of ketones is 1. The van der Waals surface area contributed by atoms with E-state index in [9.17, 15) is 4.79 Å². The molecule has 6 rings (SSSR count). The molecule has 0 spiro atoms. The smallest absolute Gasteiger partial charge is 0.205 e. The van der Waals surface area contributed by atoms with Gasteiger partial charge in [-0.05, 0) is 58.9 Å². The van der Waals surface area contributed by atoms with Crippen LogP contribution in [0.5, 0.6) is 5.75 Å². The van der Waals surface area contributed by atoms with Crippen molar-refractivity contribution < 1.29 is 9.53 Å². The molecule has 2 atom stereocenters. The number of aromatic nitrogens is 4. The van der Waals surface area contributed by atoms with E-state index < -0.39 is 0 Å². The van der Waals surface area contributed by atoms with Crippen molar-refractivity contribution in [2.24, 2.45) is 5.92 Å². The number of hydrogen-bond donors (Lipinski definition) is 1. The average molecular weight is 529 g/mol. The second-order valence-electron chi connectivity index (χ2n) is 10.7. The van der Waals surface area contributed by atoms with Crippen molar-refractivity contribution >= 4 is 5.78 Å². The van der Waals surface area contributed by atoms with E-state index in [1.807, 2.05) is 30.3 Å². The topological polar surface area (TPSA) is 80.8 Å². The van der Waals surface area contributed by atoms with Crippen molar-refractivity contribution in [3.63, 3.8) is 0 Å². The highest BCUT2D eigenvalue weighted by Crippen LogP contribution is 2.45. The van der Waals surface area contributed by atoms with Gasteiger partial charge in [0.25, 0.3) is 0 Å². The fourth-order valence-corrected chi connectivity index (χ4v) is 5.81. The molecule has 2 heterocycles. The molecule has 0 radical (unpaired) electrons. The monoisotopic (exact) mass is 528 g/mol. The van der Waals surface area contributed by atoms with Gasteiger partial charge in [-0.3, -0.25) is 4.79 Å². The molecule has 5 aromatic rings. The summed E-state index contributed by atoms with van der Waals surface area (Å²) in [5.41, 5.74) is 8.38. The van der Waals surface area contributed by atoms with E-state index in [1.165, 1.54) is 11.1 Å². The number of hydrogen-bond acceptors (Lipinski definition) is 5. The quantitative estimate of drug-likeness (QED) is 0.253. The summed E-state index contributed by atoms with van der Waals surface area (Å²) < 4.78 is 6.47. The van der Waals surface area contributed by atoms with Crippen LogP contribution in [-0.2, 0) is 17.6 Å². The van der Waals surface area contributed by atoms with Gasteiger partial charge in [0.2, 0.25) is 5.82 Å². The Kier molecular flexibility index (Phi) is 7.23. The number of rotatable bonds is 7. The largest absolute Gasteiger partial charge is 0.493 e. The Hall–Kier alpha value is -4.58. The second-order valence-corrected chi connectivity index (χ2v) is 10.7. The lowest BCUT2D eigenvalue weighted by Gasteiger charge is -2.25. The molecule has 40 heavy (non-hydrogen) atoms. The van der Waals surface area contributed by atoms with Crippen LogP contribution >= 0.6 is 0 Å². The zero-order valence-electron chi connectivity index (χ0n) is 22.8. The van der Waals surface area contributed by atoms with Crippen LogP contribution in [0.3, 0.4) is 0 Å². The molecule has 6 heteroatoms. The number of Topliss-reactive ketones (excluding diaryl/α,β-unsaturated/α-hetero) is 1. The first-order chi connectivity index (χ1) is 19.6. The highest BCUT2D eigenvalue weighted by molar-refractivity contribution is 5.86. The van der Waals surface area contributed by atoms with Crippen LogP contribution in [-0.4, -0.2) is 33.0 Å². The van der Waals surface area contributed by atoms with Gasteiger partial charge in [0, 0.05) is 35.4 Å². The first-order valence-corrected chi connectivity index (χ1v) is 13.8. The summed E-state index contributed by atoms with van der Waals surface area (Å²) in [6.45, 7) is 4.97. The van der Waals surface area contributed by atoms with Gasteiger partial charge < -0.3 is 4.74 Å². The molecule has 200 valence electrons. The summed E-state index contributed by atoms with van der Waals surface area (Å²) in [5.74, 6) is 2.04. The maximum Gasteiger partial charge on any atom is 0.205 e. The number of tetrazole rings is 1. The van der Waals surface area contributed by atoms with Gasteiger partial charge in [-0.15, -0.1) is 10.2 Å². The molecule has 0 amide bonds. The van der Waals surface area contributed by atoms with Gasteiger partial charge in [0.05, 0.1) is 6.61 Å². The summed E-state index contributed by atoms with van der Waals surface area (Å²) in [6, 6.07) is 31.2. The molecule has 0 saturated carbocycles. The molecule has 0 saturated heterocycles. The zero-order chi connectivity index (χ0) is 27.5. The van der Waals surface area contributed by atoms with Gasteiger partial charge in [-0.25, -0.2) is 0 Å². The fraction of sp³-hybridized carbons (Fsp3) is 0.235. The van der Waals surface area contributed by atoms with E-state index >= 15 is 0 Å².